The van der Waals surface area contributed by atoms with Crippen molar-refractivity contribution in [3.05, 3.63) is 47.5 Å². The molecule has 0 saturated carbocycles. The number of nitrogens with one attached hydrogen (secondary N) is 3. The summed E-state index contributed by atoms with van der Waals surface area (Å²) >= 11 is 5.98. The fourth-order valence-corrected chi connectivity index (χ4v) is 2.76. The van der Waals surface area contributed by atoms with Crippen LogP contribution in [0, 0.1) is 0 Å². The Morgan fingerprint density at radius 3 is 2.36 bits per heavy atom. The number of hydrogen-bond acceptors (Lipinski definition) is 4. The first kappa shape index (κ1) is 21.5. The van der Waals surface area contributed by atoms with Gasteiger partial charge in [-0.3, -0.25) is 9.59 Å². The van der Waals surface area contributed by atoms with Gasteiger partial charge >= 0.3 is 0 Å². The highest BCUT2D eigenvalue weighted by molar-refractivity contribution is 6.31. The molecule has 3 N–H and O–H groups in total. The molecule has 0 radical (unpaired) electrons. The Bertz CT molecular complexity index is 844. The number of hydrogen-bond donors (Lipinski definition) is 3. The van der Waals surface area contributed by atoms with E-state index in [2.05, 4.69) is 10.6 Å². The van der Waals surface area contributed by atoms with E-state index in [1.807, 2.05) is 12.1 Å². The summed E-state index contributed by atoms with van der Waals surface area (Å²) in [6.07, 6.45) is 0. The highest BCUT2D eigenvalue weighted by Gasteiger charge is 2.25. The Balaban J connectivity index is 1.97. The van der Waals surface area contributed by atoms with Crippen molar-refractivity contribution in [2.24, 2.45) is 0 Å². The summed E-state index contributed by atoms with van der Waals surface area (Å²) in [5.41, 5.74) is 1.07. The van der Waals surface area contributed by atoms with Crippen LogP contribution in [0.25, 0.3) is 0 Å². The molecule has 2 aromatic carbocycles. The molecule has 0 aromatic heterocycles. The van der Waals surface area contributed by atoms with E-state index in [1.54, 1.807) is 51.4 Å². The molecule has 2 atom stereocenters. The van der Waals surface area contributed by atoms with Gasteiger partial charge in [0.25, 0.3) is 11.8 Å². The molecule has 0 saturated heterocycles. The van der Waals surface area contributed by atoms with Crippen LogP contribution in [0.4, 0.5) is 11.4 Å². The van der Waals surface area contributed by atoms with Crippen molar-refractivity contribution >= 4 is 34.8 Å². The first-order valence-corrected chi connectivity index (χ1v) is 9.13. The fourth-order valence-electron chi connectivity index (χ4n) is 2.59. The molecule has 0 aliphatic carbocycles. The molecule has 0 spiro atoms. The number of quaternary nitrogens is 1. The summed E-state index contributed by atoms with van der Waals surface area (Å²) in [5.74, 6) is 0.619. The van der Waals surface area contributed by atoms with Crippen LogP contribution in [0.3, 0.4) is 0 Å². The monoisotopic (exact) mass is 406 g/mol. The second-order valence-corrected chi connectivity index (χ2v) is 6.76. The van der Waals surface area contributed by atoms with Crippen LogP contribution in [0.2, 0.25) is 5.02 Å². The van der Waals surface area contributed by atoms with Crippen LogP contribution in [0.1, 0.15) is 6.92 Å². The zero-order valence-electron chi connectivity index (χ0n) is 16.3. The van der Waals surface area contributed by atoms with Crippen LogP contribution in [-0.2, 0) is 9.59 Å². The third-order valence-corrected chi connectivity index (χ3v) is 4.61. The maximum atomic E-state index is 12.6. The van der Waals surface area contributed by atoms with Crippen LogP contribution in [0.15, 0.2) is 42.5 Å². The lowest BCUT2D eigenvalue weighted by atomic mass is 10.2. The van der Waals surface area contributed by atoms with Crippen molar-refractivity contribution in [3.63, 3.8) is 0 Å². The highest BCUT2D eigenvalue weighted by atomic mass is 35.5. The first-order valence-electron chi connectivity index (χ1n) is 8.75. The SMILES string of the molecule is COc1ccc(Cl)cc1NC(=O)C[NH+](C)[C@H](C)C(=O)Nc1ccccc1OC. The standard InChI is InChI=1S/C20H24ClN3O4/c1-13(20(26)23-15-7-5-6-8-17(15)27-3)24(2)12-19(25)22-16-11-14(21)9-10-18(16)28-4/h5-11,13H,12H2,1-4H3,(H,22,25)(H,23,26)/p+1/t13-/m1/s1. The second kappa shape index (κ2) is 9.96. The minimum Gasteiger partial charge on any atom is -0.495 e. The molecule has 0 aliphatic heterocycles. The summed E-state index contributed by atoms with van der Waals surface area (Å²) in [6.45, 7) is 1.85. The van der Waals surface area contributed by atoms with E-state index in [0.717, 1.165) is 4.90 Å². The largest absolute Gasteiger partial charge is 0.495 e. The van der Waals surface area contributed by atoms with Gasteiger partial charge in [-0.1, -0.05) is 23.7 Å². The molecule has 0 fully saturated rings. The molecule has 0 aliphatic rings. The number of likely N-dealkylation sites (N-methyl/N-ethyl adjacent to an activating group) is 1. The Kier molecular flexibility index (Phi) is 7.66. The van der Waals surface area contributed by atoms with Gasteiger partial charge in [0.05, 0.1) is 32.6 Å². The second-order valence-electron chi connectivity index (χ2n) is 6.33. The van der Waals surface area contributed by atoms with Gasteiger partial charge in [0.15, 0.2) is 12.6 Å². The summed E-state index contributed by atoms with van der Waals surface area (Å²) < 4.78 is 10.5. The van der Waals surface area contributed by atoms with E-state index in [-0.39, 0.29) is 18.4 Å². The first-order chi connectivity index (χ1) is 13.3. The maximum absolute atomic E-state index is 12.6. The van der Waals surface area contributed by atoms with E-state index in [4.69, 9.17) is 21.1 Å². The van der Waals surface area contributed by atoms with Crippen molar-refractivity contribution in [3.8, 4) is 11.5 Å². The number of methoxy groups -OCH3 is 2. The average molecular weight is 407 g/mol. The quantitative estimate of drug-likeness (QED) is 0.625. The van der Waals surface area contributed by atoms with Gasteiger partial charge in [-0.15, -0.1) is 0 Å². The summed E-state index contributed by atoms with van der Waals surface area (Å²) in [4.78, 5) is 25.7. The zero-order valence-corrected chi connectivity index (χ0v) is 17.1. The van der Waals surface area contributed by atoms with E-state index in [1.165, 1.54) is 7.11 Å². The summed E-state index contributed by atoms with van der Waals surface area (Å²) in [6, 6.07) is 11.7. The lowest BCUT2D eigenvalue weighted by Crippen LogP contribution is -3.14. The topological polar surface area (TPSA) is 81.1 Å². The molecule has 8 heteroatoms. The normalized spacial score (nSPS) is 12.6. The number of ether oxygens (including phenoxy) is 2. The zero-order chi connectivity index (χ0) is 20.7. The van der Waals surface area contributed by atoms with Gasteiger partial charge in [-0.25, -0.2) is 0 Å². The fraction of sp³-hybridized carbons (Fsp3) is 0.300. The van der Waals surface area contributed by atoms with Crippen LogP contribution >= 0.6 is 11.6 Å². The Labute approximate surface area is 169 Å². The van der Waals surface area contributed by atoms with E-state index in [0.29, 0.717) is 27.9 Å². The molecule has 150 valence electrons. The van der Waals surface area contributed by atoms with Crippen molar-refractivity contribution in [1.29, 1.82) is 0 Å². The summed E-state index contributed by atoms with van der Waals surface area (Å²) in [5, 5.41) is 6.10. The molecule has 2 aromatic rings. The van der Waals surface area contributed by atoms with Crippen LogP contribution < -0.4 is 25.0 Å². The van der Waals surface area contributed by atoms with E-state index >= 15 is 0 Å². The number of benzene rings is 2. The number of para-hydroxylation sites is 2. The molecule has 7 nitrogen and oxygen atoms in total. The molecule has 0 bridgehead atoms. The van der Waals surface area contributed by atoms with Gasteiger partial charge in [0.2, 0.25) is 0 Å². The van der Waals surface area contributed by atoms with Crippen molar-refractivity contribution in [2.75, 3.05) is 38.4 Å². The summed E-state index contributed by atoms with van der Waals surface area (Å²) in [7, 11) is 4.84. The van der Waals surface area contributed by atoms with Crippen LogP contribution in [-0.4, -0.2) is 45.7 Å². The Hall–Kier alpha value is -2.77. The predicted molar refractivity (Wildman–Crippen MR) is 109 cm³/mol. The van der Waals surface area contributed by atoms with Crippen molar-refractivity contribution in [1.82, 2.24) is 0 Å². The number of rotatable bonds is 8. The minimum atomic E-state index is -0.461. The van der Waals surface area contributed by atoms with Gasteiger partial charge < -0.3 is 25.0 Å². The third kappa shape index (κ3) is 5.61. The lowest BCUT2D eigenvalue weighted by Gasteiger charge is -2.21. The van der Waals surface area contributed by atoms with Crippen molar-refractivity contribution in [2.45, 2.75) is 13.0 Å². The molecule has 1 unspecified atom stereocenters. The molecule has 2 amide bonds. The smallest absolute Gasteiger partial charge is 0.282 e. The Morgan fingerprint density at radius 2 is 1.68 bits per heavy atom. The average Bonchev–Trinajstić information content (AvgIpc) is 2.67. The van der Waals surface area contributed by atoms with Gasteiger partial charge in [-0.05, 0) is 37.3 Å². The maximum Gasteiger partial charge on any atom is 0.282 e. The van der Waals surface area contributed by atoms with Gasteiger partial charge in [0.1, 0.15) is 11.5 Å². The van der Waals surface area contributed by atoms with E-state index < -0.39 is 6.04 Å². The highest BCUT2D eigenvalue weighted by Crippen LogP contribution is 2.27. The van der Waals surface area contributed by atoms with Crippen molar-refractivity contribution < 1.29 is 24.0 Å². The molecule has 2 rings (SSSR count). The molecular weight excluding hydrogens is 382 g/mol. The number of amides is 2. The predicted octanol–water partition coefficient (Wildman–Crippen LogP) is 1.84. The lowest BCUT2D eigenvalue weighted by molar-refractivity contribution is -0.885. The van der Waals surface area contributed by atoms with E-state index in [9.17, 15) is 9.59 Å². The number of anilines is 2. The third-order valence-electron chi connectivity index (χ3n) is 4.37. The molecule has 28 heavy (non-hydrogen) atoms. The number of halogens is 1. The number of carbonyl (C=O) groups is 2. The Morgan fingerprint density at radius 1 is 1.04 bits per heavy atom. The van der Waals surface area contributed by atoms with Gasteiger partial charge in [-0.2, -0.15) is 0 Å². The van der Waals surface area contributed by atoms with Crippen LogP contribution in [0.5, 0.6) is 11.5 Å². The molecular formula is C20H25ClN3O4+. The minimum absolute atomic E-state index is 0.0934. The molecule has 0 heterocycles. The van der Waals surface area contributed by atoms with Gasteiger partial charge in [0, 0.05) is 5.02 Å². The number of carbonyl (C=O) groups excluding carboxylic acids is 2.